The van der Waals surface area contributed by atoms with Gasteiger partial charge in [0.2, 0.25) is 5.13 Å². The molecule has 1 fully saturated rings. The van der Waals surface area contributed by atoms with Gasteiger partial charge in [-0.05, 0) is 84.1 Å². The number of anilines is 1. The number of hydrogen-bond acceptors (Lipinski definition) is 10. The summed E-state index contributed by atoms with van der Waals surface area (Å²) < 4.78 is 31.5. The minimum Gasteiger partial charge on any atom is -0.507 e. The Labute approximate surface area is 303 Å². The first-order valence-electron chi connectivity index (χ1n) is 16.4. The number of carbonyl (C=O) groups excluding carboxylic acids is 2. The largest absolute Gasteiger partial charge is 0.507 e. The van der Waals surface area contributed by atoms with Crippen molar-refractivity contribution in [1.29, 1.82) is 0 Å². The number of aliphatic hydroxyl groups excluding tert-OH is 1. The second kappa shape index (κ2) is 16.2. The number of benzene rings is 4. The molecule has 1 amide bonds. The van der Waals surface area contributed by atoms with Crippen LogP contribution in [0.4, 0.5) is 9.52 Å². The summed E-state index contributed by atoms with van der Waals surface area (Å²) in [6.07, 6.45) is 1.82. The van der Waals surface area contributed by atoms with Crippen molar-refractivity contribution in [2.75, 3.05) is 18.6 Å². The van der Waals surface area contributed by atoms with E-state index in [1.54, 1.807) is 54.6 Å². The van der Waals surface area contributed by atoms with Crippen molar-refractivity contribution < 1.29 is 33.3 Å². The molecule has 0 spiro atoms. The fourth-order valence-corrected chi connectivity index (χ4v) is 7.35. The molecule has 1 atom stereocenters. The van der Waals surface area contributed by atoms with Gasteiger partial charge in [-0.3, -0.25) is 14.5 Å². The van der Waals surface area contributed by atoms with Crippen LogP contribution in [0.2, 0.25) is 0 Å². The van der Waals surface area contributed by atoms with Crippen LogP contribution in [0.25, 0.3) is 5.76 Å². The van der Waals surface area contributed by atoms with Gasteiger partial charge in [0.1, 0.15) is 23.9 Å². The lowest BCUT2D eigenvalue weighted by atomic mass is 9.95. The number of hydrogen-bond donors (Lipinski definition) is 1. The van der Waals surface area contributed by atoms with Crippen LogP contribution in [0.3, 0.4) is 0 Å². The highest BCUT2D eigenvalue weighted by Gasteiger charge is 2.48. The molecule has 1 aliphatic rings. The SMILES string of the molecule is CCCCOc1ccc(C2C(=C(O)c3ccc(OCc4ccccc4C)cc3)C(=O)C(=O)N2c2nnc(SCc3ccc(F)cc3)s2)cc1OC. The van der Waals surface area contributed by atoms with E-state index in [1.165, 1.54) is 35.9 Å². The molecule has 5 aromatic rings. The third-order valence-electron chi connectivity index (χ3n) is 8.36. The zero-order chi connectivity index (χ0) is 35.9. The van der Waals surface area contributed by atoms with Gasteiger partial charge in [0.25, 0.3) is 5.78 Å². The summed E-state index contributed by atoms with van der Waals surface area (Å²) in [4.78, 5) is 28.9. The van der Waals surface area contributed by atoms with E-state index in [1.807, 2.05) is 31.2 Å². The molecule has 0 bridgehead atoms. The van der Waals surface area contributed by atoms with Crippen molar-refractivity contribution in [3.05, 3.63) is 130 Å². The molecular weight excluding hydrogens is 690 g/mol. The second-order valence-corrected chi connectivity index (χ2v) is 14.0. The van der Waals surface area contributed by atoms with Crippen LogP contribution in [-0.4, -0.2) is 40.7 Å². The maximum absolute atomic E-state index is 13.8. The van der Waals surface area contributed by atoms with Crippen LogP contribution >= 0.6 is 23.1 Å². The lowest BCUT2D eigenvalue weighted by Crippen LogP contribution is -2.29. The van der Waals surface area contributed by atoms with E-state index in [2.05, 4.69) is 17.1 Å². The standard InChI is InChI=1S/C39H36FN3O6S2/c1-4-5-20-48-31-19-14-27(21-32(31)47-3)34-33(35(44)26-12-17-30(18-13-26)49-22-28-9-7-6-8-24(28)2)36(45)37(46)43(34)38-41-42-39(51-38)50-23-25-10-15-29(40)16-11-25/h6-19,21,34,44H,4-5,20,22-23H2,1-3H3. The summed E-state index contributed by atoms with van der Waals surface area (Å²) in [6, 6.07) is 24.9. The Morgan fingerprint density at radius 3 is 2.45 bits per heavy atom. The third-order valence-corrected chi connectivity index (χ3v) is 10.5. The number of unbranched alkanes of at least 4 members (excludes halogenated alkanes) is 1. The Morgan fingerprint density at radius 2 is 1.73 bits per heavy atom. The van der Waals surface area contributed by atoms with Gasteiger partial charge in [-0.1, -0.05) is 78.9 Å². The second-order valence-electron chi connectivity index (χ2n) is 11.8. The summed E-state index contributed by atoms with van der Waals surface area (Å²) in [7, 11) is 1.51. The predicted octanol–water partition coefficient (Wildman–Crippen LogP) is 8.67. The van der Waals surface area contributed by atoms with Gasteiger partial charge in [-0.25, -0.2) is 4.39 Å². The number of thioether (sulfide) groups is 1. The number of rotatable bonds is 14. The van der Waals surface area contributed by atoms with E-state index in [0.29, 0.717) is 51.7 Å². The van der Waals surface area contributed by atoms with E-state index in [4.69, 9.17) is 14.2 Å². The molecule has 1 saturated heterocycles. The van der Waals surface area contributed by atoms with Crippen molar-refractivity contribution in [1.82, 2.24) is 10.2 Å². The molecule has 9 nitrogen and oxygen atoms in total. The molecule has 1 aliphatic heterocycles. The number of carbonyl (C=O) groups is 2. The normalized spacial score (nSPS) is 15.3. The molecule has 6 rings (SSSR count). The summed E-state index contributed by atoms with van der Waals surface area (Å²) >= 11 is 2.52. The molecule has 1 aromatic heterocycles. The molecule has 2 heterocycles. The lowest BCUT2D eigenvalue weighted by Gasteiger charge is -2.23. The van der Waals surface area contributed by atoms with Gasteiger partial charge in [0, 0.05) is 11.3 Å². The number of amides is 1. The first-order valence-corrected chi connectivity index (χ1v) is 18.2. The number of aryl methyl sites for hydroxylation is 1. The average molecular weight is 726 g/mol. The minimum atomic E-state index is -1.05. The van der Waals surface area contributed by atoms with E-state index in [9.17, 15) is 19.1 Å². The number of Topliss-reactive ketones (excluding diaryl/α,β-unsaturated/α-hetero) is 1. The number of ether oxygens (including phenoxy) is 3. The topological polar surface area (TPSA) is 111 Å². The predicted molar refractivity (Wildman–Crippen MR) is 196 cm³/mol. The van der Waals surface area contributed by atoms with Crippen molar-refractivity contribution in [2.45, 2.75) is 49.4 Å². The van der Waals surface area contributed by atoms with Gasteiger partial charge in [-0.2, -0.15) is 0 Å². The Bertz CT molecular complexity index is 2050. The summed E-state index contributed by atoms with van der Waals surface area (Å²) in [5.41, 5.74) is 3.78. The fraction of sp³-hybridized carbons (Fsp3) is 0.231. The van der Waals surface area contributed by atoms with Gasteiger partial charge < -0.3 is 19.3 Å². The van der Waals surface area contributed by atoms with Gasteiger partial charge >= 0.3 is 5.91 Å². The summed E-state index contributed by atoms with van der Waals surface area (Å²) in [5.74, 6) is -0.377. The number of methoxy groups -OCH3 is 1. The number of nitrogens with zero attached hydrogens (tertiary/aromatic N) is 3. The smallest absolute Gasteiger partial charge is 0.301 e. The maximum atomic E-state index is 13.8. The molecule has 1 unspecified atom stereocenters. The Morgan fingerprint density at radius 1 is 0.961 bits per heavy atom. The molecule has 12 heteroatoms. The molecule has 262 valence electrons. The Hall–Kier alpha value is -5.20. The summed E-state index contributed by atoms with van der Waals surface area (Å²) in [5, 5.41) is 20.5. The van der Waals surface area contributed by atoms with E-state index >= 15 is 0 Å². The van der Waals surface area contributed by atoms with Gasteiger partial charge in [-0.15, -0.1) is 10.2 Å². The highest BCUT2D eigenvalue weighted by molar-refractivity contribution is 8.00. The van der Waals surface area contributed by atoms with Gasteiger partial charge in [0.15, 0.2) is 15.8 Å². The van der Waals surface area contributed by atoms with E-state index in [-0.39, 0.29) is 22.3 Å². The number of aliphatic hydroxyl groups is 1. The van der Waals surface area contributed by atoms with Crippen molar-refractivity contribution in [2.24, 2.45) is 0 Å². The molecular formula is C39H36FN3O6S2. The zero-order valence-electron chi connectivity index (χ0n) is 28.3. The first kappa shape index (κ1) is 35.6. The van der Waals surface area contributed by atoms with Crippen molar-refractivity contribution in [3.63, 3.8) is 0 Å². The van der Waals surface area contributed by atoms with Crippen LogP contribution in [0.5, 0.6) is 17.2 Å². The molecule has 0 aliphatic carbocycles. The van der Waals surface area contributed by atoms with Crippen LogP contribution in [-0.2, 0) is 21.9 Å². The first-order chi connectivity index (χ1) is 24.8. The van der Waals surface area contributed by atoms with E-state index < -0.39 is 17.7 Å². The van der Waals surface area contributed by atoms with Crippen LogP contribution in [0.1, 0.15) is 53.6 Å². The summed E-state index contributed by atoms with van der Waals surface area (Å²) in [6.45, 7) is 4.95. The number of ketones is 1. The van der Waals surface area contributed by atoms with Crippen molar-refractivity contribution >= 4 is 45.7 Å². The maximum Gasteiger partial charge on any atom is 0.301 e. The van der Waals surface area contributed by atoms with Crippen LogP contribution in [0, 0.1) is 12.7 Å². The number of aromatic nitrogens is 2. The minimum absolute atomic E-state index is 0.106. The third kappa shape index (κ3) is 8.08. The Kier molecular flexibility index (Phi) is 11.3. The van der Waals surface area contributed by atoms with E-state index in [0.717, 1.165) is 40.9 Å². The lowest BCUT2D eigenvalue weighted by molar-refractivity contribution is -0.132. The van der Waals surface area contributed by atoms with Crippen LogP contribution < -0.4 is 19.1 Å². The Balaban J connectivity index is 1.34. The van der Waals surface area contributed by atoms with Crippen molar-refractivity contribution in [3.8, 4) is 17.2 Å². The quantitative estimate of drug-likeness (QED) is 0.0300. The van der Waals surface area contributed by atoms with Crippen LogP contribution in [0.15, 0.2) is 101 Å². The molecule has 4 aromatic carbocycles. The monoisotopic (exact) mass is 725 g/mol. The highest BCUT2D eigenvalue weighted by atomic mass is 32.2. The average Bonchev–Trinajstić information content (AvgIpc) is 3.72. The molecule has 0 saturated carbocycles. The molecule has 1 N–H and O–H groups in total. The zero-order valence-corrected chi connectivity index (χ0v) is 29.9. The highest BCUT2D eigenvalue weighted by Crippen LogP contribution is 2.45. The van der Waals surface area contributed by atoms with Gasteiger partial charge in [0.05, 0.1) is 25.3 Å². The fourth-order valence-electron chi connectivity index (χ4n) is 5.53. The number of halogens is 1. The molecule has 0 radical (unpaired) electrons. The molecule has 51 heavy (non-hydrogen) atoms.